The van der Waals surface area contributed by atoms with Gasteiger partial charge in [0, 0.05) is 49.4 Å². The number of morpholine rings is 1. The lowest BCUT2D eigenvalue weighted by Crippen LogP contribution is -2.46. The van der Waals surface area contributed by atoms with Gasteiger partial charge in [-0.1, -0.05) is 23.7 Å². The Labute approximate surface area is 187 Å². The summed E-state index contributed by atoms with van der Waals surface area (Å²) in [7, 11) is 0. The van der Waals surface area contributed by atoms with Gasteiger partial charge in [-0.25, -0.2) is 9.37 Å². The molecule has 1 saturated heterocycles. The van der Waals surface area contributed by atoms with Crippen molar-refractivity contribution in [2.75, 3.05) is 26.2 Å². The molecular formula is C19H22ClFN4O3S2. The van der Waals surface area contributed by atoms with Gasteiger partial charge in [0.25, 0.3) is 0 Å². The number of hydrogen-bond acceptors (Lipinski definition) is 7. The molecule has 0 unspecified atom stereocenters. The number of aromatic nitrogens is 1. The van der Waals surface area contributed by atoms with Crippen LogP contribution in [0.3, 0.4) is 0 Å². The molecule has 2 heterocycles. The third-order valence-electron chi connectivity index (χ3n) is 4.44. The molecule has 162 valence electrons. The lowest BCUT2D eigenvalue weighted by molar-refractivity contribution is -0.126. The first-order valence-corrected chi connectivity index (χ1v) is 11.3. The minimum atomic E-state index is -0.452. The van der Waals surface area contributed by atoms with Gasteiger partial charge in [-0.2, -0.15) is 0 Å². The van der Waals surface area contributed by atoms with E-state index >= 15 is 0 Å². The molecule has 1 fully saturated rings. The third kappa shape index (κ3) is 6.39. The fourth-order valence-electron chi connectivity index (χ4n) is 3.05. The number of carbonyl (C=O) groups is 2. The molecule has 1 aliphatic heterocycles. The Balaban J connectivity index is 1.59. The van der Waals surface area contributed by atoms with Crippen LogP contribution in [-0.4, -0.2) is 58.3 Å². The molecule has 2 amide bonds. The van der Waals surface area contributed by atoms with E-state index in [0.29, 0.717) is 48.4 Å². The van der Waals surface area contributed by atoms with Gasteiger partial charge >= 0.3 is 0 Å². The summed E-state index contributed by atoms with van der Waals surface area (Å²) in [5.41, 5.74) is 6.31. The number of primary amides is 1. The highest BCUT2D eigenvalue weighted by Crippen LogP contribution is 2.28. The van der Waals surface area contributed by atoms with Crippen LogP contribution in [0.4, 0.5) is 4.39 Å². The van der Waals surface area contributed by atoms with Gasteiger partial charge in [-0.3, -0.25) is 18.8 Å². The number of benzene rings is 1. The molecule has 2 aromatic rings. The van der Waals surface area contributed by atoms with Crippen LogP contribution in [0.15, 0.2) is 27.9 Å². The van der Waals surface area contributed by atoms with E-state index in [2.05, 4.69) is 9.88 Å². The molecule has 1 atom stereocenters. The standard InChI is InChI=1S/C19H22ClFN4O3S2/c1-12(26)25(30-19-23-14(11-29-19)7-17(22)27)10-15-9-24(5-6-28-15)8-13-3-2-4-16(20)18(13)21/h2-4,11,15H,5-10H2,1H3,(H2,22,27)/t15-/m0/s1. The summed E-state index contributed by atoms with van der Waals surface area (Å²) in [6.07, 6.45) is -0.153. The van der Waals surface area contributed by atoms with Crippen LogP contribution in [0.1, 0.15) is 18.2 Å². The number of ether oxygens (including phenoxy) is 1. The molecule has 1 aromatic heterocycles. The van der Waals surface area contributed by atoms with E-state index in [1.165, 1.54) is 36.3 Å². The molecule has 1 aromatic carbocycles. The molecular weight excluding hydrogens is 451 g/mol. The second-order valence-electron chi connectivity index (χ2n) is 6.86. The summed E-state index contributed by atoms with van der Waals surface area (Å²) in [6, 6.07) is 4.97. The fourth-order valence-corrected chi connectivity index (χ4v) is 5.08. The molecule has 0 bridgehead atoms. The van der Waals surface area contributed by atoms with E-state index in [-0.39, 0.29) is 23.5 Å². The normalized spacial score (nSPS) is 17.1. The monoisotopic (exact) mass is 472 g/mol. The number of halogens is 2. The summed E-state index contributed by atoms with van der Waals surface area (Å²) in [5.74, 6) is -0.987. The van der Waals surface area contributed by atoms with Crippen molar-refractivity contribution in [2.24, 2.45) is 5.73 Å². The Morgan fingerprint density at radius 1 is 1.50 bits per heavy atom. The van der Waals surface area contributed by atoms with Crippen molar-refractivity contribution in [1.29, 1.82) is 0 Å². The minimum Gasteiger partial charge on any atom is -0.374 e. The van der Waals surface area contributed by atoms with Crippen LogP contribution < -0.4 is 5.73 Å². The van der Waals surface area contributed by atoms with E-state index in [1.54, 1.807) is 21.8 Å². The molecule has 0 radical (unpaired) electrons. The van der Waals surface area contributed by atoms with Gasteiger partial charge in [0.05, 0.1) is 36.4 Å². The number of nitrogens with two attached hydrogens (primary N) is 1. The molecule has 30 heavy (non-hydrogen) atoms. The summed E-state index contributed by atoms with van der Waals surface area (Å²) < 4.78 is 22.3. The van der Waals surface area contributed by atoms with Crippen LogP contribution in [-0.2, 0) is 27.3 Å². The molecule has 11 heteroatoms. The van der Waals surface area contributed by atoms with E-state index < -0.39 is 11.7 Å². The Morgan fingerprint density at radius 2 is 2.30 bits per heavy atom. The van der Waals surface area contributed by atoms with Crippen LogP contribution >= 0.6 is 34.9 Å². The maximum absolute atomic E-state index is 14.2. The molecule has 0 spiro atoms. The van der Waals surface area contributed by atoms with E-state index in [4.69, 9.17) is 22.1 Å². The number of nitrogens with zero attached hydrogens (tertiary/aromatic N) is 3. The van der Waals surface area contributed by atoms with Gasteiger partial charge in [0.1, 0.15) is 5.82 Å². The third-order valence-corrected chi connectivity index (χ3v) is 6.80. The van der Waals surface area contributed by atoms with E-state index in [1.807, 2.05) is 0 Å². The second-order valence-corrected chi connectivity index (χ2v) is 9.39. The SMILES string of the molecule is CC(=O)N(C[C@@H]1CN(Cc2cccc(Cl)c2F)CCO1)Sc1nc(CC(N)=O)cs1. The number of thiazole rings is 1. The van der Waals surface area contributed by atoms with Crippen molar-refractivity contribution >= 4 is 46.7 Å². The summed E-state index contributed by atoms with van der Waals surface area (Å²) >= 11 is 8.44. The molecule has 1 aliphatic rings. The van der Waals surface area contributed by atoms with E-state index in [0.717, 1.165) is 0 Å². The maximum atomic E-state index is 14.2. The topological polar surface area (TPSA) is 88.8 Å². The number of carbonyl (C=O) groups excluding carboxylic acids is 2. The number of rotatable bonds is 8. The smallest absolute Gasteiger partial charge is 0.229 e. The van der Waals surface area contributed by atoms with Gasteiger partial charge in [-0.15, -0.1) is 11.3 Å². The van der Waals surface area contributed by atoms with Crippen molar-refractivity contribution < 1.29 is 18.7 Å². The minimum absolute atomic E-state index is 0.0674. The zero-order chi connectivity index (χ0) is 21.7. The summed E-state index contributed by atoms with van der Waals surface area (Å²) in [4.78, 5) is 29.6. The Hall–Kier alpha value is -1.72. The molecule has 0 aliphatic carbocycles. The molecule has 0 saturated carbocycles. The van der Waals surface area contributed by atoms with Crippen molar-refractivity contribution in [1.82, 2.24) is 14.2 Å². The summed E-state index contributed by atoms with van der Waals surface area (Å²) in [6.45, 7) is 3.97. The van der Waals surface area contributed by atoms with Crippen LogP contribution in [0.25, 0.3) is 0 Å². The fraction of sp³-hybridized carbons (Fsp3) is 0.421. The first kappa shape index (κ1) is 23.0. The highest BCUT2D eigenvalue weighted by Gasteiger charge is 2.26. The highest BCUT2D eigenvalue weighted by molar-refractivity contribution is 7.99. The maximum Gasteiger partial charge on any atom is 0.229 e. The number of hydrogen-bond donors (Lipinski definition) is 1. The van der Waals surface area contributed by atoms with Gasteiger partial charge in [-0.05, 0) is 6.07 Å². The predicted octanol–water partition coefficient (Wildman–Crippen LogP) is 2.72. The van der Waals surface area contributed by atoms with Crippen molar-refractivity contribution in [3.63, 3.8) is 0 Å². The largest absolute Gasteiger partial charge is 0.374 e. The zero-order valence-corrected chi connectivity index (χ0v) is 18.7. The summed E-state index contributed by atoms with van der Waals surface area (Å²) in [5, 5.41) is 1.86. The zero-order valence-electron chi connectivity index (χ0n) is 16.3. The lowest BCUT2D eigenvalue weighted by Gasteiger charge is -2.35. The Morgan fingerprint density at radius 3 is 3.03 bits per heavy atom. The average Bonchev–Trinajstić information content (AvgIpc) is 3.11. The van der Waals surface area contributed by atoms with Gasteiger partial charge in [0.15, 0.2) is 4.34 Å². The van der Waals surface area contributed by atoms with E-state index in [9.17, 15) is 14.0 Å². The Kier molecular flexibility index (Phi) is 8.06. The van der Waals surface area contributed by atoms with Crippen molar-refractivity contribution in [3.8, 4) is 0 Å². The quantitative estimate of drug-likeness (QED) is 0.594. The van der Waals surface area contributed by atoms with Crippen LogP contribution in [0.2, 0.25) is 5.02 Å². The lowest BCUT2D eigenvalue weighted by atomic mass is 10.1. The molecule has 3 rings (SSSR count). The number of amides is 2. The highest BCUT2D eigenvalue weighted by atomic mass is 35.5. The molecule has 2 N–H and O–H groups in total. The first-order chi connectivity index (χ1) is 14.3. The van der Waals surface area contributed by atoms with Crippen molar-refractivity contribution in [2.45, 2.75) is 30.3 Å². The second kappa shape index (κ2) is 10.5. The molecule has 7 nitrogen and oxygen atoms in total. The van der Waals surface area contributed by atoms with Gasteiger partial charge in [0.2, 0.25) is 11.8 Å². The average molecular weight is 473 g/mol. The predicted molar refractivity (Wildman–Crippen MR) is 115 cm³/mol. The first-order valence-electron chi connectivity index (χ1n) is 9.27. The van der Waals surface area contributed by atoms with Crippen LogP contribution in [0, 0.1) is 5.82 Å². The van der Waals surface area contributed by atoms with Crippen molar-refractivity contribution in [3.05, 3.63) is 45.7 Å². The Bertz CT molecular complexity index is 914. The van der Waals surface area contributed by atoms with Gasteiger partial charge < -0.3 is 10.5 Å². The van der Waals surface area contributed by atoms with Crippen LogP contribution in [0.5, 0.6) is 0 Å².